The SMILES string of the molecule is CC(=O)Nc1ccc(O[AsH](=O)Oc2ccc(NC(C)=O)cc2)cc1. The van der Waals surface area contributed by atoms with Crippen LogP contribution in [-0.4, -0.2) is 27.1 Å². The fraction of sp³-hybridized carbons (Fsp3) is 0.125. The van der Waals surface area contributed by atoms with Gasteiger partial charge in [-0.25, -0.2) is 0 Å². The molecule has 2 N–H and O–H groups in total. The minimum atomic E-state index is -3.45. The van der Waals surface area contributed by atoms with Crippen LogP contribution in [0.4, 0.5) is 11.4 Å². The Balaban J connectivity index is 1.90. The molecular weight excluding hydrogens is 375 g/mol. The molecule has 0 aliphatic rings. The second kappa shape index (κ2) is 8.26. The molecule has 0 bridgehead atoms. The van der Waals surface area contributed by atoms with Gasteiger partial charge < -0.3 is 0 Å². The molecule has 0 radical (unpaired) electrons. The van der Waals surface area contributed by atoms with Gasteiger partial charge in [-0.3, -0.25) is 0 Å². The minimum absolute atomic E-state index is 0.173. The van der Waals surface area contributed by atoms with E-state index in [2.05, 4.69) is 10.6 Å². The molecule has 0 saturated carbocycles. The summed E-state index contributed by atoms with van der Waals surface area (Å²) in [6.45, 7) is 2.83. The summed E-state index contributed by atoms with van der Waals surface area (Å²) in [6.07, 6.45) is 0. The van der Waals surface area contributed by atoms with Gasteiger partial charge in [-0.1, -0.05) is 0 Å². The van der Waals surface area contributed by atoms with E-state index in [0.29, 0.717) is 22.9 Å². The molecule has 8 heteroatoms. The van der Waals surface area contributed by atoms with E-state index in [1.54, 1.807) is 48.5 Å². The van der Waals surface area contributed by atoms with E-state index in [9.17, 15) is 13.3 Å². The Bertz CT molecular complexity index is 681. The molecular formula is C16H17AsN2O5. The van der Waals surface area contributed by atoms with Gasteiger partial charge in [-0.15, -0.1) is 0 Å². The molecule has 7 nitrogen and oxygen atoms in total. The third-order valence-corrected chi connectivity index (χ3v) is 4.44. The zero-order valence-corrected chi connectivity index (χ0v) is 15.3. The molecule has 0 heterocycles. The Kier molecular flexibility index (Phi) is 6.09. The van der Waals surface area contributed by atoms with E-state index in [0.717, 1.165) is 0 Å². The maximum absolute atomic E-state index is 12.0. The molecule has 0 atom stereocenters. The van der Waals surface area contributed by atoms with Crippen LogP contribution < -0.4 is 18.1 Å². The number of hydrogen-bond donors (Lipinski definition) is 2. The Morgan fingerprint density at radius 1 is 0.750 bits per heavy atom. The van der Waals surface area contributed by atoms with Gasteiger partial charge in [0.25, 0.3) is 0 Å². The molecule has 0 aliphatic carbocycles. The average molecular weight is 392 g/mol. The predicted molar refractivity (Wildman–Crippen MR) is 90.6 cm³/mol. The average Bonchev–Trinajstić information content (AvgIpc) is 2.50. The van der Waals surface area contributed by atoms with Crippen LogP contribution in [-0.2, 0) is 13.3 Å². The topological polar surface area (TPSA) is 93.7 Å². The predicted octanol–water partition coefficient (Wildman–Crippen LogP) is 2.21. The molecule has 2 aromatic carbocycles. The van der Waals surface area contributed by atoms with Gasteiger partial charge in [0.1, 0.15) is 0 Å². The van der Waals surface area contributed by atoms with Gasteiger partial charge in [0, 0.05) is 0 Å². The van der Waals surface area contributed by atoms with Crippen LogP contribution in [0.2, 0.25) is 0 Å². The summed E-state index contributed by atoms with van der Waals surface area (Å²) in [4.78, 5) is 21.9. The summed E-state index contributed by atoms with van der Waals surface area (Å²) in [5.41, 5.74) is 1.24. The van der Waals surface area contributed by atoms with Crippen LogP contribution in [0.3, 0.4) is 0 Å². The van der Waals surface area contributed by atoms with Crippen molar-refractivity contribution in [1.82, 2.24) is 0 Å². The van der Waals surface area contributed by atoms with Crippen LogP contribution in [0.15, 0.2) is 48.5 Å². The second-order valence-electron chi connectivity index (χ2n) is 4.87. The molecule has 24 heavy (non-hydrogen) atoms. The summed E-state index contributed by atoms with van der Waals surface area (Å²) < 4.78 is 22.5. The number of benzene rings is 2. The number of rotatable bonds is 6. The van der Waals surface area contributed by atoms with Gasteiger partial charge in [0.05, 0.1) is 0 Å². The van der Waals surface area contributed by atoms with Crippen molar-refractivity contribution in [1.29, 1.82) is 0 Å². The van der Waals surface area contributed by atoms with Gasteiger partial charge in [0.15, 0.2) is 0 Å². The third kappa shape index (κ3) is 5.85. The molecule has 2 amide bonds. The van der Waals surface area contributed by atoms with E-state index in [1.165, 1.54) is 13.8 Å². The first-order valence-corrected chi connectivity index (χ1v) is 9.64. The van der Waals surface area contributed by atoms with E-state index >= 15 is 0 Å². The van der Waals surface area contributed by atoms with Crippen LogP contribution in [0.25, 0.3) is 0 Å². The Hall–Kier alpha value is -2.66. The monoisotopic (exact) mass is 392 g/mol. The second-order valence-corrected chi connectivity index (χ2v) is 6.77. The maximum atomic E-state index is 12.0. The summed E-state index contributed by atoms with van der Waals surface area (Å²) in [5, 5.41) is 5.25. The fourth-order valence-corrected chi connectivity index (χ4v) is 3.30. The van der Waals surface area contributed by atoms with Crippen molar-refractivity contribution < 1.29 is 20.8 Å². The van der Waals surface area contributed by atoms with E-state index in [4.69, 9.17) is 7.45 Å². The molecule has 0 unspecified atom stereocenters. The molecule has 2 rings (SSSR count). The van der Waals surface area contributed by atoms with E-state index in [-0.39, 0.29) is 11.8 Å². The van der Waals surface area contributed by atoms with Gasteiger partial charge >= 0.3 is 144 Å². The number of carbonyl (C=O) groups is 2. The molecule has 0 fully saturated rings. The number of anilines is 2. The van der Waals surface area contributed by atoms with Crippen molar-refractivity contribution >= 4 is 38.5 Å². The fourth-order valence-electron chi connectivity index (χ4n) is 1.83. The zero-order chi connectivity index (χ0) is 17.5. The summed E-state index contributed by atoms with van der Waals surface area (Å²) in [6, 6.07) is 13.0. The summed E-state index contributed by atoms with van der Waals surface area (Å²) in [7, 11) is 0. The first-order valence-electron chi connectivity index (χ1n) is 7.07. The van der Waals surface area contributed by atoms with Crippen LogP contribution in [0.5, 0.6) is 11.5 Å². The Labute approximate surface area is 144 Å². The standard InChI is InChI=1S/C16H17AsN2O5/c1-11(20)18-13-3-7-15(8-4-13)23-17(22)24-16-9-5-14(6-10-16)19-12(2)21/h3-10,17H,1-2H3,(H,18,20)(H,19,21). The molecule has 126 valence electrons. The third-order valence-electron chi connectivity index (χ3n) is 2.75. The van der Waals surface area contributed by atoms with Gasteiger partial charge in [0.2, 0.25) is 0 Å². The van der Waals surface area contributed by atoms with Gasteiger partial charge in [-0.2, -0.15) is 0 Å². The van der Waals surface area contributed by atoms with Crippen LogP contribution in [0.1, 0.15) is 13.8 Å². The molecule has 2 aromatic rings. The Morgan fingerprint density at radius 2 is 1.08 bits per heavy atom. The molecule has 0 saturated heterocycles. The van der Waals surface area contributed by atoms with Crippen molar-refractivity contribution in [2.45, 2.75) is 13.8 Å². The van der Waals surface area contributed by atoms with E-state index in [1.807, 2.05) is 0 Å². The first-order chi connectivity index (χ1) is 11.4. The van der Waals surface area contributed by atoms with Crippen LogP contribution >= 0.6 is 0 Å². The molecule has 0 spiro atoms. The molecule has 0 aromatic heterocycles. The number of carbonyl (C=O) groups excluding carboxylic acids is 2. The van der Waals surface area contributed by atoms with Crippen molar-refractivity contribution in [3.63, 3.8) is 0 Å². The number of hydrogen-bond acceptors (Lipinski definition) is 5. The van der Waals surface area contributed by atoms with Crippen molar-refractivity contribution in [3.05, 3.63) is 48.5 Å². The van der Waals surface area contributed by atoms with Crippen LogP contribution in [0, 0.1) is 0 Å². The number of amides is 2. The summed E-state index contributed by atoms with van der Waals surface area (Å²) >= 11 is -3.45. The zero-order valence-electron chi connectivity index (χ0n) is 13.2. The van der Waals surface area contributed by atoms with Gasteiger partial charge in [-0.05, 0) is 0 Å². The quantitative estimate of drug-likeness (QED) is 0.736. The first kappa shape index (κ1) is 17.7. The Morgan fingerprint density at radius 3 is 1.38 bits per heavy atom. The van der Waals surface area contributed by atoms with Crippen molar-refractivity contribution in [2.24, 2.45) is 0 Å². The van der Waals surface area contributed by atoms with Crippen molar-refractivity contribution in [2.75, 3.05) is 10.6 Å². The van der Waals surface area contributed by atoms with Crippen molar-refractivity contribution in [3.8, 4) is 11.5 Å². The molecule has 0 aliphatic heterocycles. The summed E-state index contributed by atoms with van der Waals surface area (Å²) in [5.74, 6) is 0.438. The van der Waals surface area contributed by atoms with E-state index < -0.39 is 15.3 Å². The normalized spacial score (nSPS) is 10.1. The number of nitrogens with one attached hydrogen (secondary N) is 2.